The molecular weight excluding hydrogens is 396 g/mol. The average Bonchev–Trinajstić information content (AvgIpc) is 2.76. The van der Waals surface area contributed by atoms with Gasteiger partial charge in [-0.1, -0.05) is 84.6 Å². The van der Waals surface area contributed by atoms with E-state index in [4.69, 9.17) is 21.0 Å². The van der Waals surface area contributed by atoms with Crippen molar-refractivity contribution < 1.29 is 14.6 Å². The Hall–Kier alpha value is -3.51. The van der Waals surface area contributed by atoms with E-state index in [0.29, 0.717) is 5.75 Å². The molecule has 4 aromatic rings. The Morgan fingerprint density at radius 3 is 2.30 bits per heavy atom. The number of benzene rings is 4. The van der Waals surface area contributed by atoms with Gasteiger partial charge in [-0.25, -0.2) is 4.79 Å². The highest BCUT2D eigenvalue weighted by Crippen LogP contribution is 2.22. The van der Waals surface area contributed by atoms with Crippen LogP contribution in [0.4, 0.5) is 0 Å². The number of rotatable bonds is 5. The van der Waals surface area contributed by atoms with Crippen LogP contribution in [0, 0.1) is 5.41 Å². The van der Waals surface area contributed by atoms with Gasteiger partial charge in [0.05, 0.1) is 0 Å². The minimum absolute atomic E-state index is 0.169. The van der Waals surface area contributed by atoms with Gasteiger partial charge in [0.2, 0.25) is 0 Å². The average molecular weight is 419 g/mol. The minimum atomic E-state index is -0.969. The first-order valence-electron chi connectivity index (χ1n) is 9.30. The van der Waals surface area contributed by atoms with Crippen LogP contribution in [0.2, 0.25) is 0 Å². The van der Waals surface area contributed by atoms with Crippen molar-refractivity contribution in [3.8, 4) is 5.75 Å². The molecular formula is C24H22N2O3S. The quantitative estimate of drug-likeness (QED) is 0.303. The summed E-state index contributed by atoms with van der Waals surface area (Å²) in [7, 11) is 0. The molecule has 30 heavy (non-hydrogen) atoms. The molecule has 0 fully saturated rings. The fourth-order valence-electron chi connectivity index (χ4n) is 2.98. The number of nitrogens with two attached hydrogens (primary N) is 1. The number of amidine groups is 1. The lowest BCUT2D eigenvalue weighted by Gasteiger charge is -2.05. The summed E-state index contributed by atoms with van der Waals surface area (Å²) in [6.45, 7) is -0.307. The van der Waals surface area contributed by atoms with Gasteiger partial charge < -0.3 is 15.6 Å². The standard InChI is InChI=1S/C12H12N2S.C12H10O3/c13-12(14)15-8-10-6-3-5-9-4-1-2-7-11(9)10;13-12(14)8-15-11-6-5-9-3-1-2-4-10(9)7-11/h1-7H,8H2,(H3,13,14);1-7H,8H2,(H,13,14). The monoisotopic (exact) mass is 418 g/mol. The molecule has 0 aliphatic carbocycles. The van der Waals surface area contributed by atoms with Crippen LogP contribution in [0.1, 0.15) is 5.56 Å². The molecule has 4 rings (SSSR count). The topological polar surface area (TPSA) is 96.4 Å². The van der Waals surface area contributed by atoms with Crippen LogP contribution in [0.3, 0.4) is 0 Å². The van der Waals surface area contributed by atoms with E-state index >= 15 is 0 Å². The molecule has 0 spiro atoms. The summed E-state index contributed by atoms with van der Waals surface area (Å²) in [5, 5.41) is 20.5. The fraction of sp³-hybridized carbons (Fsp3) is 0.0833. The molecule has 0 saturated carbocycles. The van der Waals surface area contributed by atoms with Crippen molar-refractivity contribution in [1.82, 2.24) is 0 Å². The van der Waals surface area contributed by atoms with Gasteiger partial charge in [-0.05, 0) is 39.2 Å². The van der Waals surface area contributed by atoms with E-state index in [1.165, 1.54) is 28.1 Å². The maximum Gasteiger partial charge on any atom is 0.341 e. The van der Waals surface area contributed by atoms with Gasteiger partial charge >= 0.3 is 5.97 Å². The predicted octanol–water partition coefficient (Wildman–Crippen LogP) is 5.27. The van der Waals surface area contributed by atoms with Crippen LogP contribution in [0.5, 0.6) is 5.75 Å². The van der Waals surface area contributed by atoms with Crippen LogP contribution in [0.25, 0.3) is 21.5 Å². The van der Waals surface area contributed by atoms with Gasteiger partial charge in [0, 0.05) is 5.75 Å². The summed E-state index contributed by atoms with van der Waals surface area (Å²) in [6.07, 6.45) is 0. The maximum atomic E-state index is 10.3. The first-order chi connectivity index (χ1) is 14.5. The molecule has 0 bridgehead atoms. The lowest BCUT2D eigenvalue weighted by molar-refractivity contribution is -0.139. The number of fused-ring (bicyclic) bond motifs is 2. The van der Waals surface area contributed by atoms with Crippen molar-refractivity contribution in [3.63, 3.8) is 0 Å². The molecule has 0 aliphatic heterocycles. The Kier molecular flexibility index (Phi) is 7.29. The second kappa shape index (κ2) is 10.3. The highest BCUT2D eigenvalue weighted by Gasteiger charge is 2.01. The molecule has 0 atom stereocenters. The van der Waals surface area contributed by atoms with Gasteiger partial charge in [0.15, 0.2) is 11.8 Å². The molecule has 152 valence electrons. The number of hydrogen-bond acceptors (Lipinski definition) is 4. The first kappa shape index (κ1) is 21.2. The third-order valence-corrected chi connectivity index (χ3v) is 5.11. The minimum Gasteiger partial charge on any atom is -0.482 e. The molecule has 0 aliphatic rings. The SMILES string of the molecule is N=C(N)SCc1cccc2ccccc12.O=C(O)COc1ccc2ccccc2c1. The van der Waals surface area contributed by atoms with Crippen LogP contribution in [-0.2, 0) is 10.5 Å². The van der Waals surface area contributed by atoms with E-state index in [-0.39, 0.29) is 11.8 Å². The van der Waals surface area contributed by atoms with Gasteiger partial charge in [-0.2, -0.15) is 0 Å². The predicted molar refractivity (Wildman–Crippen MR) is 124 cm³/mol. The van der Waals surface area contributed by atoms with Gasteiger partial charge in [0.25, 0.3) is 0 Å². The molecule has 0 unspecified atom stereocenters. The number of thioether (sulfide) groups is 1. The van der Waals surface area contributed by atoms with Crippen molar-refractivity contribution in [1.29, 1.82) is 5.41 Å². The molecule has 4 aromatic carbocycles. The number of aliphatic carboxylic acids is 1. The van der Waals surface area contributed by atoms with Crippen LogP contribution in [-0.4, -0.2) is 22.9 Å². The Bertz CT molecular complexity index is 1170. The van der Waals surface area contributed by atoms with E-state index in [9.17, 15) is 4.79 Å². The zero-order valence-corrected chi connectivity index (χ0v) is 17.1. The van der Waals surface area contributed by atoms with Crippen LogP contribution in [0.15, 0.2) is 84.9 Å². The molecule has 0 aromatic heterocycles. The Balaban J connectivity index is 0.000000171. The first-order valence-corrected chi connectivity index (χ1v) is 10.3. The van der Waals surface area contributed by atoms with Crippen molar-refractivity contribution in [2.75, 3.05) is 6.61 Å². The molecule has 0 heterocycles. The maximum absolute atomic E-state index is 10.3. The number of carbonyl (C=O) groups is 1. The zero-order valence-electron chi connectivity index (χ0n) is 16.2. The van der Waals surface area contributed by atoms with E-state index in [2.05, 4.69) is 24.3 Å². The lowest BCUT2D eigenvalue weighted by atomic mass is 10.1. The highest BCUT2D eigenvalue weighted by molar-refractivity contribution is 8.13. The number of carboxylic acids is 1. The van der Waals surface area contributed by atoms with Gasteiger partial charge in [-0.3, -0.25) is 5.41 Å². The van der Waals surface area contributed by atoms with Gasteiger partial charge in [0.1, 0.15) is 5.75 Å². The molecule has 0 saturated heterocycles. The normalized spacial score (nSPS) is 10.3. The summed E-state index contributed by atoms with van der Waals surface area (Å²) in [6, 6.07) is 27.8. The highest BCUT2D eigenvalue weighted by atomic mass is 32.2. The van der Waals surface area contributed by atoms with E-state index in [1.54, 1.807) is 6.07 Å². The Labute approximate surface area is 179 Å². The number of hydrogen-bond donors (Lipinski definition) is 3. The zero-order chi connectivity index (χ0) is 21.3. The summed E-state index contributed by atoms with van der Waals surface area (Å²) < 4.78 is 5.08. The van der Waals surface area contributed by atoms with Crippen molar-refractivity contribution in [2.45, 2.75) is 5.75 Å². The Morgan fingerprint density at radius 2 is 1.57 bits per heavy atom. The molecule has 6 heteroatoms. The second-order valence-corrected chi connectivity index (χ2v) is 7.50. The number of carboxylic acid groups (broad SMARTS) is 1. The van der Waals surface area contributed by atoms with E-state index < -0.39 is 5.97 Å². The summed E-state index contributed by atoms with van der Waals surface area (Å²) >= 11 is 1.36. The smallest absolute Gasteiger partial charge is 0.341 e. The van der Waals surface area contributed by atoms with Crippen molar-refractivity contribution in [2.24, 2.45) is 5.73 Å². The summed E-state index contributed by atoms with van der Waals surface area (Å²) in [5.74, 6) is 0.371. The summed E-state index contributed by atoms with van der Waals surface area (Å²) in [4.78, 5) is 10.3. The Morgan fingerprint density at radius 1 is 0.900 bits per heavy atom. The van der Waals surface area contributed by atoms with E-state index in [0.717, 1.165) is 16.5 Å². The number of ether oxygens (including phenoxy) is 1. The third kappa shape index (κ3) is 5.99. The van der Waals surface area contributed by atoms with Crippen LogP contribution < -0.4 is 10.5 Å². The second-order valence-electron chi connectivity index (χ2n) is 6.48. The summed E-state index contributed by atoms with van der Waals surface area (Å²) in [5.41, 5.74) is 6.56. The largest absolute Gasteiger partial charge is 0.482 e. The molecule has 0 radical (unpaired) electrons. The van der Waals surface area contributed by atoms with Gasteiger partial charge in [-0.15, -0.1) is 0 Å². The molecule has 4 N–H and O–H groups in total. The van der Waals surface area contributed by atoms with Crippen molar-refractivity contribution >= 4 is 44.4 Å². The van der Waals surface area contributed by atoms with E-state index in [1.807, 2.05) is 54.6 Å². The molecule has 5 nitrogen and oxygen atoms in total. The fourth-order valence-corrected chi connectivity index (χ4v) is 3.54. The van der Waals surface area contributed by atoms with Crippen LogP contribution >= 0.6 is 11.8 Å². The number of nitrogens with one attached hydrogen (secondary N) is 1. The molecule has 0 amide bonds. The third-order valence-electron chi connectivity index (χ3n) is 4.35. The lowest BCUT2D eigenvalue weighted by Crippen LogP contribution is -2.09. The van der Waals surface area contributed by atoms with Crippen molar-refractivity contribution in [3.05, 3.63) is 90.5 Å².